The Morgan fingerprint density at radius 1 is 1.12 bits per heavy atom. The van der Waals surface area contributed by atoms with Crippen molar-refractivity contribution in [3.05, 3.63) is 65.5 Å². The monoisotopic (exact) mass is 341 g/mol. The molecule has 2 rings (SSSR count). The Hall–Kier alpha value is -2.16. The van der Waals surface area contributed by atoms with Gasteiger partial charge >= 0.3 is 0 Å². The van der Waals surface area contributed by atoms with Crippen molar-refractivity contribution in [2.75, 3.05) is 6.54 Å². The van der Waals surface area contributed by atoms with Crippen LogP contribution in [0.25, 0.3) is 0 Å². The van der Waals surface area contributed by atoms with Crippen LogP contribution in [-0.4, -0.2) is 12.8 Å². The van der Waals surface area contributed by atoms with E-state index in [0.717, 1.165) is 23.4 Å². The van der Waals surface area contributed by atoms with Gasteiger partial charge in [-0.25, -0.2) is 4.39 Å². The predicted octanol–water partition coefficient (Wildman–Crippen LogP) is 6.04. The molecule has 2 aromatic rings. The molecule has 0 aliphatic rings. The van der Waals surface area contributed by atoms with Crippen LogP contribution in [-0.2, 0) is 6.61 Å². The van der Waals surface area contributed by atoms with E-state index >= 15 is 0 Å². The molecule has 0 saturated heterocycles. The number of hydrogen-bond donors (Lipinski definition) is 0. The summed E-state index contributed by atoms with van der Waals surface area (Å²) in [6.45, 7) is 5.73. The van der Waals surface area contributed by atoms with E-state index in [0.29, 0.717) is 12.5 Å². The summed E-state index contributed by atoms with van der Waals surface area (Å²) in [5.41, 5.74) is 1.90. The van der Waals surface area contributed by atoms with Crippen molar-refractivity contribution in [2.24, 2.45) is 10.9 Å². The molecule has 0 heterocycles. The topological polar surface area (TPSA) is 21.6 Å². The molecule has 2 nitrogen and oxygen atoms in total. The molecule has 2 aromatic carbocycles. The molecule has 0 aliphatic carbocycles. The minimum Gasteiger partial charge on any atom is -0.489 e. The molecule has 0 bridgehead atoms. The summed E-state index contributed by atoms with van der Waals surface area (Å²) in [7, 11) is 0. The number of rotatable bonds is 10. The fraction of sp³-hybridized carbons (Fsp3) is 0.409. The molecule has 1 atom stereocenters. The van der Waals surface area contributed by atoms with Crippen LogP contribution in [0.3, 0.4) is 0 Å². The third kappa shape index (κ3) is 7.08. The standard InChI is InChI=1S/C22H28FNO/c1-3-5-7-18(4-2)15-24-16-19-10-12-22(13-11-19)25-17-20-8-6-9-21(23)14-20/h6,8-14,16,18H,3-5,7,15,17H2,1-2H3. The number of nitrogens with zero attached hydrogens (tertiary/aromatic N) is 1. The third-order valence-electron chi connectivity index (χ3n) is 4.32. The summed E-state index contributed by atoms with van der Waals surface area (Å²) >= 11 is 0. The SMILES string of the molecule is CCCCC(CC)CN=Cc1ccc(OCc2cccc(F)c2)cc1. The second-order valence-corrected chi connectivity index (χ2v) is 6.40. The Kier molecular flexibility index (Phi) is 8.17. The van der Waals surface area contributed by atoms with Crippen molar-refractivity contribution in [3.8, 4) is 5.75 Å². The number of unbranched alkanes of at least 4 members (excludes halogenated alkanes) is 1. The van der Waals surface area contributed by atoms with Gasteiger partial charge in [-0.05, 0) is 59.9 Å². The van der Waals surface area contributed by atoms with Crippen molar-refractivity contribution in [1.29, 1.82) is 0 Å². The highest BCUT2D eigenvalue weighted by molar-refractivity contribution is 5.79. The fourth-order valence-corrected chi connectivity index (χ4v) is 2.67. The molecular weight excluding hydrogens is 313 g/mol. The Labute approximate surface area is 150 Å². The van der Waals surface area contributed by atoms with Crippen LogP contribution < -0.4 is 4.74 Å². The van der Waals surface area contributed by atoms with Crippen LogP contribution in [0, 0.1) is 11.7 Å². The average molecular weight is 341 g/mol. The Morgan fingerprint density at radius 3 is 2.60 bits per heavy atom. The van der Waals surface area contributed by atoms with Crippen molar-refractivity contribution < 1.29 is 9.13 Å². The molecule has 0 aliphatic heterocycles. The van der Waals surface area contributed by atoms with E-state index in [1.165, 1.54) is 37.8 Å². The number of hydrogen-bond acceptors (Lipinski definition) is 2. The summed E-state index contributed by atoms with van der Waals surface area (Å²) in [5.74, 6) is 1.22. The predicted molar refractivity (Wildman–Crippen MR) is 103 cm³/mol. The summed E-state index contributed by atoms with van der Waals surface area (Å²) in [4.78, 5) is 4.59. The molecule has 0 radical (unpaired) electrons. The number of ether oxygens (including phenoxy) is 1. The lowest BCUT2D eigenvalue weighted by Gasteiger charge is -2.10. The van der Waals surface area contributed by atoms with Gasteiger partial charge in [0, 0.05) is 12.8 Å². The molecule has 1 unspecified atom stereocenters. The second-order valence-electron chi connectivity index (χ2n) is 6.40. The van der Waals surface area contributed by atoms with Gasteiger partial charge in [0.2, 0.25) is 0 Å². The number of benzene rings is 2. The van der Waals surface area contributed by atoms with Gasteiger partial charge in [0.1, 0.15) is 18.2 Å². The fourth-order valence-electron chi connectivity index (χ4n) is 2.67. The molecule has 0 aromatic heterocycles. The summed E-state index contributed by atoms with van der Waals surface area (Å²) in [6.07, 6.45) is 6.91. The van der Waals surface area contributed by atoms with E-state index in [2.05, 4.69) is 18.8 Å². The lowest BCUT2D eigenvalue weighted by molar-refractivity contribution is 0.305. The van der Waals surface area contributed by atoms with Gasteiger partial charge in [0.05, 0.1) is 0 Å². The number of aliphatic imine (C=N–C) groups is 1. The Morgan fingerprint density at radius 2 is 1.92 bits per heavy atom. The first kappa shape index (κ1) is 19.2. The first-order valence-corrected chi connectivity index (χ1v) is 9.18. The molecule has 0 fully saturated rings. The molecular formula is C22H28FNO. The summed E-state index contributed by atoms with van der Waals surface area (Å²) in [6, 6.07) is 14.3. The van der Waals surface area contributed by atoms with Gasteiger partial charge in [-0.3, -0.25) is 4.99 Å². The maximum atomic E-state index is 13.1. The van der Waals surface area contributed by atoms with Crippen LogP contribution >= 0.6 is 0 Å². The molecule has 0 amide bonds. The van der Waals surface area contributed by atoms with Crippen LogP contribution in [0.4, 0.5) is 4.39 Å². The van der Waals surface area contributed by atoms with E-state index in [9.17, 15) is 4.39 Å². The highest BCUT2D eigenvalue weighted by Crippen LogP contribution is 2.15. The van der Waals surface area contributed by atoms with Gasteiger partial charge in [-0.1, -0.05) is 45.2 Å². The highest BCUT2D eigenvalue weighted by Gasteiger charge is 2.03. The van der Waals surface area contributed by atoms with Gasteiger partial charge in [0.25, 0.3) is 0 Å². The smallest absolute Gasteiger partial charge is 0.123 e. The van der Waals surface area contributed by atoms with Crippen molar-refractivity contribution in [1.82, 2.24) is 0 Å². The molecule has 0 spiro atoms. The van der Waals surface area contributed by atoms with Crippen LogP contribution in [0.1, 0.15) is 50.7 Å². The quantitative estimate of drug-likeness (QED) is 0.483. The molecule has 25 heavy (non-hydrogen) atoms. The van der Waals surface area contributed by atoms with E-state index in [1.54, 1.807) is 6.07 Å². The maximum Gasteiger partial charge on any atom is 0.123 e. The largest absolute Gasteiger partial charge is 0.489 e. The zero-order chi connectivity index (χ0) is 17.9. The maximum absolute atomic E-state index is 13.1. The summed E-state index contributed by atoms with van der Waals surface area (Å²) in [5, 5.41) is 0. The van der Waals surface area contributed by atoms with Gasteiger partial charge in [-0.15, -0.1) is 0 Å². The lowest BCUT2D eigenvalue weighted by atomic mass is 10.00. The Balaban J connectivity index is 1.81. The van der Waals surface area contributed by atoms with Crippen molar-refractivity contribution in [3.63, 3.8) is 0 Å². The van der Waals surface area contributed by atoms with Crippen molar-refractivity contribution >= 4 is 6.21 Å². The normalized spacial score (nSPS) is 12.4. The first-order valence-electron chi connectivity index (χ1n) is 9.18. The first-order chi connectivity index (χ1) is 12.2. The minimum absolute atomic E-state index is 0.239. The van der Waals surface area contributed by atoms with Crippen LogP contribution in [0.2, 0.25) is 0 Å². The van der Waals surface area contributed by atoms with Gasteiger partial charge in [-0.2, -0.15) is 0 Å². The van der Waals surface area contributed by atoms with Crippen LogP contribution in [0.15, 0.2) is 53.5 Å². The van der Waals surface area contributed by atoms with Crippen molar-refractivity contribution in [2.45, 2.75) is 46.1 Å². The third-order valence-corrected chi connectivity index (χ3v) is 4.32. The van der Waals surface area contributed by atoms with E-state index < -0.39 is 0 Å². The zero-order valence-electron chi connectivity index (χ0n) is 15.2. The molecule has 3 heteroatoms. The highest BCUT2D eigenvalue weighted by atomic mass is 19.1. The second kappa shape index (κ2) is 10.7. The number of halogens is 1. The van der Waals surface area contributed by atoms with Gasteiger partial charge < -0.3 is 4.74 Å². The van der Waals surface area contributed by atoms with Crippen LogP contribution in [0.5, 0.6) is 5.75 Å². The Bertz CT molecular complexity index is 651. The minimum atomic E-state index is -0.239. The van der Waals surface area contributed by atoms with Gasteiger partial charge in [0.15, 0.2) is 0 Å². The lowest BCUT2D eigenvalue weighted by Crippen LogP contribution is -2.03. The molecule has 0 saturated carbocycles. The zero-order valence-corrected chi connectivity index (χ0v) is 15.2. The van der Waals surface area contributed by atoms with E-state index in [4.69, 9.17) is 4.74 Å². The average Bonchev–Trinajstić information content (AvgIpc) is 2.64. The van der Waals surface area contributed by atoms with E-state index in [1.807, 2.05) is 36.5 Å². The van der Waals surface area contributed by atoms with E-state index in [-0.39, 0.29) is 5.82 Å². The molecule has 0 N–H and O–H groups in total. The molecule has 134 valence electrons. The summed E-state index contributed by atoms with van der Waals surface area (Å²) < 4.78 is 18.8.